The summed E-state index contributed by atoms with van der Waals surface area (Å²) in [5.41, 5.74) is 14.6. The summed E-state index contributed by atoms with van der Waals surface area (Å²) in [7, 11) is 5.41. The van der Waals surface area contributed by atoms with E-state index in [0.717, 1.165) is 144 Å². The summed E-state index contributed by atoms with van der Waals surface area (Å²) in [4.78, 5) is 4.52. The standard InChI is InChI=1S/C37H38FNO3.C31H33BrFNO3.C6H7BO2/c1-40-37(41-2)28-19-21-39(22-20-28)30-14-17-34(35(38)24-30)36-32(27-11-7-4-8-12-27)16-13-29-23-31(15-18-33(29)36)42-25-26-9-5-3-6-10-26;1-35-31(36-2)22-14-16-34(17-15-22)24-9-11-27(29(33)19-24)30-26-12-10-25(18-23(26)8-13-28(30)32)37-20-21-6-4-3-5-7-21;8-7(9)6-4-2-1-3-5-6/h3-12,14-15,17-18,23-24,28,37H,13,16,19-22,25H2,1-2H3;3-7,9-12,18-19,22,31H,8,13-17,20H2,1-2H3;1-5,8-9H. The second kappa shape index (κ2) is 31.2. The van der Waals surface area contributed by atoms with Crippen LogP contribution in [-0.2, 0) is 45.0 Å². The minimum Gasteiger partial charge on any atom is -0.489 e. The van der Waals surface area contributed by atoms with Gasteiger partial charge >= 0.3 is 7.12 Å². The highest BCUT2D eigenvalue weighted by Crippen LogP contribution is 2.45. The van der Waals surface area contributed by atoms with Crippen molar-refractivity contribution in [1.29, 1.82) is 0 Å². The molecule has 10 nitrogen and oxygen atoms in total. The van der Waals surface area contributed by atoms with Crippen LogP contribution in [0.15, 0.2) is 199 Å². The first-order valence-corrected chi connectivity index (χ1v) is 31.2. The van der Waals surface area contributed by atoms with Crippen molar-refractivity contribution in [3.05, 3.63) is 260 Å². The molecule has 2 aliphatic carbocycles. The molecule has 0 saturated carbocycles. The third-order valence-corrected chi connectivity index (χ3v) is 18.0. The first kappa shape index (κ1) is 63.6. The van der Waals surface area contributed by atoms with Gasteiger partial charge in [-0.2, -0.15) is 0 Å². The fourth-order valence-corrected chi connectivity index (χ4v) is 13.2. The lowest BCUT2D eigenvalue weighted by Crippen LogP contribution is -2.39. The maximum Gasteiger partial charge on any atom is 0.488 e. The maximum atomic E-state index is 16.1. The molecule has 88 heavy (non-hydrogen) atoms. The Morgan fingerprint density at radius 3 is 1.28 bits per heavy atom. The fourth-order valence-electron chi connectivity index (χ4n) is 12.5. The summed E-state index contributed by atoms with van der Waals surface area (Å²) in [6.45, 7) is 4.44. The fraction of sp³-hybridized carbons (Fsp3) is 0.297. The first-order chi connectivity index (χ1) is 43.0. The van der Waals surface area contributed by atoms with Gasteiger partial charge in [0.05, 0.1) is 0 Å². The lowest BCUT2D eigenvalue weighted by Gasteiger charge is -2.36. The maximum absolute atomic E-state index is 16.1. The number of ether oxygens (including phenoxy) is 6. The highest BCUT2D eigenvalue weighted by molar-refractivity contribution is 9.11. The average Bonchev–Trinajstić information content (AvgIpc) is 0.951. The van der Waals surface area contributed by atoms with E-state index in [-0.39, 0.29) is 24.2 Å². The Hall–Kier alpha value is -7.40. The van der Waals surface area contributed by atoms with Crippen molar-refractivity contribution in [2.45, 2.75) is 77.2 Å². The lowest BCUT2D eigenvalue weighted by molar-refractivity contribution is -0.141. The molecule has 0 spiro atoms. The molecule has 2 saturated heterocycles. The number of halogens is 3. The number of piperidine rings is 2. The van der Waals surface area contributed by atoms with E-state index in [2.05, 4.69) is 105 Å². The van der Waals surface area contributed by atoms with Gasteiger partial charge in [-0.15, -0.1) is 0 Å². The molecule has 0 bridgehead atoms. The predicted molar refractivity (Wildman–Crippen MR) is 353 cm³/mol. The van der Waals surface area contributed by atoms with Crippen LogP contribution >= 0.6 is 15.9 Å². The normalized spacial score (nSPS) is 15.3. The molecule has 0 radical (unpaired) electrons. The van der Waals surface area contributed by atoms with E-state index in [1.54, 1.807) is 64.8 Å². The van der Waals surface area contributed by atoms with E-state index < -0.39 is 7.12 Å². The number of fused-ring (bicyclic) bond motifs is 2. The van der Waals surface area contributed by atoms with Gasteiger partial charge in [-0.1, -0.05) is 149 Å². The summed E-state index contributed by atoms with van der Waals surface area (Å²) in [6, 6.07) is 63.2. The molecule has 12 rings (SSSR count). The summed E-state index contributed by atoms with van der Waals surface area (Å²) < 4.78 is 66.8. The Bertz CT molecular complexity index is 3590. The van der Waals surface area contributed by atoms with Gasteiger partial charge < -0.3 is 48.3 Å². The van der Waals surface area contributed by atoms with Crippen LogP contribution in [0, 0.1) is 23.5 Å². The van der Waals surface area contributed by atoms with Crippen LogP contribution in [0.1, 0.15) is 88.6 Å². The second-order valence-electron chi connectivity index (χ2n) is 22.6. The third kappa shape index (κ3) is 15.9. The highest BCUT2D eigenvalue weighted by Gasteiger charge is 2.31. The molecule has 4 aliphatic rings. The lowest BCUT2D eigenvalue weighted by atomic mass is 9.79. The van der Waals surface area contributed by atoms with Gasteiger partial charge in [0.15, 0.2) is 12.6 Å². The molecule has 2 aliphatic heterocycles. The molecular formula is C74H78BBrF2N2O8. The Kier molecular flexibility index (Phi) is 22.5. The van der Waals surface area contributed by atoms with Gasteiger partial charge in [0.1, 0.15) is 36.3 Å². The number of benzene rings is 8. The van der Waals surface area contributed by atoms with Gasteiger partial charge in [-0.05, 0) is 168 Å². The first-order valence-electron chi connectivity index (χ1n) is 30.4. The van der Waals surface area contributed by atoms with Gasteiger partial charge in [-0.25, -0.2) is 8.78 Å². The van der Waals surface area contributed by atoms with Crippen LogP contribution in [0.2, 0.25) is 0 Å². The van der Waals surface area contributed by atoms with Crippen molar-refractivity contribution in [3.63, 3.8) is 0 Å². The number of methoxy groups -OCH3 is 4. The van der Waals surface area contributed by atoms with Crippen LogP contribution in [0.3, 0.4) is 0 Å². The number of rotatable bonds is 18. The summed E-state index contributed by atoms with van der Waals surface area (Å²) in [5.74, 6) is 1.99. The Labute approximate surface area is 526 Å². The topological polar surface area (TPSA) is 102 Å². The molecule has 0 aromatic heterocycles. The van der Waals surface area contributed by atoms with Crippen molar-refractivity contribution < 1.29 is 47.3 Å². The molecule has 456 valence electrons. The van der Waals surface area contributed by atoms with Crippen LogP contribution in [0.25, 0.3) is 16.7 Å². The molecule has 14 heteroatoms. The Balaban J connectivity index is 0.000000171. The molecule has 2 N–H and O–H groups in total. The van der Waals surface area contributed by atoms with Crippen LogP contribution in [0.5, 0.6) is 11.5 Å². The summed E-state index contributed by atoms with van der Waals surface area (Å²) in [6.07, 6.45) is 6.87. The van der Waals surface area contributed by atoms with Crippen molar-refractivity contribution in [2.75, 3.05) is 64.4 Å². The molecule has 8 aromatic rings. The number of hydrogen-bond donors (Lipinski definition) is 2. The molecule has 0 amide bonds. The number of hydrogen-bond acceptors (Lipinski definition) is 10. The second-order valence-corrected chi connectivity index (χ2v) is 23.6. The van der Waals surface area contributed by atoms with Crippen molar-refractivity contribution in [3.8, 4) is 11.5 Å². The zero-order valence-corrected chi connectivity index (χ0v) is 52.2. The Morgan fingerprint density at radius 2 is 0.864 bits per heavy atom. The van der Waals surface area contributed by atoms with Crippen molar-refractivity contribution >= 4 is 56.6 Å². The zero-order valence-electron chi connectivity index (χ0n) is 50.6. The number of allylic oxidation sites excluding steroid dienone is 2. The van der Waals surface area contributed by atoms with E-state index in [4.69, 9.17) is 38.5 Å². The number of nitrogens with zero attached hydrogens (tertiary/aromatic N) is 2. The average molecular weight is 1250 g/mol. The van der Waals surface area contributed by atoms with Gasteiger partial charge in [0, 0.05) is 99.0 Å². The van der Waals surface area contributed by atoms with E-state index in [0.29, 0.717) is 41.6 Å². The molecule has 0 atom stereocenters. The molecular weight excluding hydrogens is 1170 g/mol. The molecule has 2 fully saturated rings. The van der Waals surface area contributed by atoms with E-state index in [1.807, 2.05) is 78.9 Å². The van der Waals surface area contributed by atoms with Crippen LogP contribution in [0.4, 0.5) is 20.2 Å². The predicted octanol–water partition coefficient (Wildman–Crippen LogP) is 14.9. The van der Waals surface area contributed by atoms with E-state index in [9.17, 15) is 0 Å². The van der Waals surface area contributed by atoms with Gasteiger partial charge in [-0.3, -0.25) is 0 Å². The largest absolute Gasteiger partial charge is 0.489 e. The molecule has 2 heterocycles. The highest BCUT2D eigenvalue weighted by atomic mass is 79.9. The monoisotopic (exact) mass is 1250 g/mol. The third-order valence-electron chi connectivity index (χ3n) is 17.2. The number of aryl methyl sites for hydroxylation is 2. The zero-order chi connectivity index (χ0) is 61.4. The molecule has 8 aromatic carbocycles. The number of anilines is 2. The van der Waals surface area contributed by atoms with E-state index in [1.165, 1.54) is 16.7 Å². The summed E-state index contributed by atoms with van der Waals surface area (Å²) in [5, 5.41) is 17.2. The Morgan fingerprint density at radius 1 is 0.466 bits per heavy atom. The molecule has 0 unspecified atom stereocenters. The van der Waals surface area contributed by atoms with Crippen LogP contribution < -0.4 is 24.7 Å². The SMILES string of the molecule is COC(OC)C1CCN(c2ccc(C3=C(Br)CCc4cc(OCc5ccccc5)ccc43)c(F)c2)CC1.COC(OC)C1CCN(c2ccc(C3=C(c4ccccc4)CCc4cc(OCc5ccccc5)ccc43)c(F)c2)CC1.OB(O)c1ccccc1. The van der Waals surface area contributed by atoms with Crippen LogP contribution in [-0.4, -0.2) is 84.4 Å². The quantitative estimate of drug-likeness (QED) is 0.0638. The van der Waals surface area contributed by atoms with Crippen molar-refractivity contribution in [1.82, 2.24) is 0 Å². The minimum absolute atomic E-state index is 0.179. The van der Waals surface area contributed by atoms with E-state index >= 15 is 8.78 Å². The van der Waals surface area contributed by atoms with Gasteiger partial charge in [0.2, 0.25) is 0 Å². The smallest absolute Gasteiger partial charge is 0.488 e. The van der Waals surface area contributed by atoms with Crippen molar-refractivity contribution in [2.24, 2.45) is 11.8 Å². The summed E-state index contributed by atoms with van der Waals surface area (Å²) >= 11 is 3.75. The minimum atomic E-state index is -1.34. The van der Waals surface area contributed by atoms with Gasteiger partial charge in [0.25, 0.3) is 0 Å².